The van der Waals surface area contributed by atoms with Gasteiger partial charge in [-0.25, -0.2) is 4.39 Å². The van der Waals surface area contributed by atoms with Gasteiger partial charge in [0.2, 0.25) is 0 Å². The SMILES string of the molecule is Cc1cncc(NC(=O)c2cnn3c2C(=O)N(c2ccc(C(F)(F)F)c(F)c2)C[C@@H]3C)c1. The van der Waals surface area contributed by atoms with Crippen LogP contribution in [0.2, 0.25) is 0 Å². The van der Waals surface area contributed by atoms with Crippen molar-refractivity contribution in [3.63, 3.8) is 0 Å². The number of carbonyl (C=O) groups is 2. The van der Waals surface area contributed by atoms with Crippen LogP contribution in [0.1, 0.15) is 44.9 Å². The molecule has 4 rings (SSSR count). The Morgan fingerprint density at radius 1 is 1.19 bits per heavy atom. The number of benzene rings is 1. The van der Waals surface area contributed by atoms with Crippen molar-refractivity contribution in [1.82, 2.24) is 14.8 Å². The zero-order valence-corrected chi connectivity index (χ0v) is 16.9. The van der Waals surface area contributed by atoms with Crippen molar-refractivity contribution in [2.75, 3.05) is 16.8 Å². The predicted molar refractivity (Wildman–Crippen MR) is 107 cm³/mol. The van der Waals surface area contributed by atoms with Gasteiger partial charge in [0.25, 0.3) is 11.8 Å². The summed E-state index contributed by atoms with van der Waals surface area (Å²) in [4.78, 5) is 31.1. The predicted octanol–water partition coefficient (Wildman–Crippen LogP) is 4.22. The number of pyridine rings is 1. The summed E-state index contributed by atoms with van der Waals surface area (Å²) >= 11 is 0. The number of aromatic nitrogens is 3. The first-order valence-corrected chi connectivity index (χ1v) is 9.55. The van der Waals surface area contributed by atoms with Crippen LogP contribution in [0, 0.1) is 12.7 Å². The molecule has 1 aliphatic heterocycles. The van der Waals surface area contributed by atoms with Crippen LogP contribution in [0.15, 0.2) is 42.9 Å². The van der Waals surface area contributed by atoms with Gasteiger partial charge >= 0.3 is 6.18 Å². The Morgan fingerprint density at radius 3 is 2.59 bits per heavy atom. The van der Waals surface area contributed by atoms with E-state index in [0.29, 0.717) is 17.8 Å². The smallest absolute Gasteiger partial charge is 0.320 e. The molecule has 1 N–H and O–H groups in total. The van der Waals surface area contributed by atoms with Gasteiger partial charge in [0.05, 0.1) is 35.2 Å². The monoisotopic (exact) mass is 447 g/mol. The number of hydrogen-bond acceptors (Lipinski definition) is 4. The lowest BCUT2D eigenvalue weighted by Crippen LogP contribution is -2.43. The van der Waals surface area contributed by atoms with Gasteiger partial charge in [0.15, 0.2) is 0 Å². The minimum absolute atomic E-state index is 0.0135. The summed E-state index contributed by atoms with van der Waals surface area (Å²) in [6.45, 7) is 3.57. The molecule has 0 radical (unpaired) electrons. The Balaban J connectivity index is 1.67. The summed E-state index contributed by atoms with van der Waals surface area (Å²) in [7, 11) is 0. The Morgan fingerprint density at radius 2 is 1.94 bits per heavy atom. The van der Waals surface area contributed by atoms with Crippen LogP contribution in [0.5, 0.6) is 0 Å². The molecule has 7 nitrogen and oxygen atoms in total. The van der Waals surface area contributed by atoms with Crippen LogP contribution in [0.25, 0.3) is 0 Å². The molecule has 1 aromatic carbocycles. The van der Waals surface area contributed by atoms with Crippen LogP contribution in [0.4, 0.5) is 28.9 Å². The molecule has 2 aromatic heterocycles. The third-order valence-corrected chi connectivity index (χ3v) is 5.05. The lowest BCUT2D eigenvalue weighted by molar-refractivity contribution is -0.139. The van der Waals surface area contributed by atoms with Crippen LogP contribution in [-0.2, 0) is 6.18 Å². The highest BCUT2D eigenvalue weighted by atomic mass is 19.4. The van der Waals surface area contributed by atoms with Gasteiger partial charge in [-0.05, 0) is 43.7 Å². The largest absolute Gasteiger partial charge is 0.419 e. The molecule has 0 unspecified atom stereocenters. The standard InChI is InChI=1S/C21H17F4N5O2/c1-11-5-13(8-26-7-11)28-19(31)15-9-27-30-12(2)10-29(20(32)18(15)30)14-3-4-16(17(22)6-14)21(23,24)25/h3-9,12H,10H2,1-2H3,(H,28,31)/t12-/m0/s1. The summed E-state index contributed by atoms with van der Waals surface area (Å²) in [5, 5.41) is 6.78. The maximum Gasteiger partial charge on any atom is 0.419 e. The van der Waals surface area contributed by atoms with Crippen molar-refractivity contribution >= 4 is 23.2 Å². The van der Waals surface area contributed by atoms with Crippen LogP contribution in [-0.4, -0.2) is 33.1 Å². The molecule has 0 fully saturated rings. The summed E-state index contributed by atoms with van der Waals surface area (Å²) in [5.41, 5.74) is -0.278. The molecule has 3 aromatic rings. The van der Waals surface area contributed by atoms with Crippen molar-refractivity contribution in [1.29, 1.82) is 0 Å². The molecule has 166 valence electrons. The van der Waals surface area contributed by atoms with Crippen molar-refractivity contribution in [3.8, 4) is 0 Å². The molecule has 0 aliphatic carbocycles. The Kier molecular flexibility index (Phi) is 5.19. The average Bonchev–Trinajstić information content (AvgIpc) is 3.16. The molecular formula is C21H17F4N5O2. The van der Waals surface area contributed by atoms with E-state index < -0.39 is 35.4 Å². The Labute approximate surface area is 179 Å². The van der Waals surface area contributed by atoms with E-state index >= 15 is 0 Å². The van der Waals surface area contributed by atoms with Gasteiger partial charge in [0, 0.05) is 18.4 Å². The number of fused-ring (bicyclic) bond motifs is 1. The van der Waals surface area contributed by atoms with Gasteiger partial charge in [-0.15, -0.1) is 0 Å². The average molecular weight is 447 g/mol. The number of rotatable bonds is 3. The van der Waals surface area contributed by atoms with E-state index in [1.807, 2.05) is 0 Å². The second-order valence-corrected chi connectivity index (χ2v) is 7.48. The summed E-state index contributed by atoms with van der Waals surface area (Å²) < 4.78 is 54.1. The van der Waals surface area contributed by atoms with E-state index in [1.165, 1.54) is 17.1 Å². The summed E-state index contributed by atoms with van der Waals surface area (Å²) in [5.74, 6) is -2.76. The highest BCUT2D eigenvalue weighted by Crippen LogP contribution is 2.35. The topological polar surface area (TPSA) is 80.1 Å². The summed E-state index contributed by atoms with van der Waals surface area (Å²) in [6, 6.07) is 3.57. The third kappa shape index (κ3) is 3.81. The molecule has 1 atom stereocenters. The normalized spacial score (nSPS) is 16.1. The maximum atomic E-state index is 14.1. The van der Waals surface area contributed by atoms with E-state index in [1.54, 1.807) is 26.1 Å². The van der Waals surface area contributed by atoms with Gasteiger partial charge in [-0.1, -0.05) is 0 Å². The van der Waals surface area contributed by atoms with Crippen molar-refractivity contribution in [3.05, 3.63) is 71.1 Å². The molecule has 0 spiro atoms. The fraction of sp³-hybridized carbons (Fsp3) is 0.238. The second-order valence-electron chi connectivity index (χ2n) is 7.48. The lowest BCUT2D eigenvalue weighted by atomic mass is 10.1. The van der Waals surface area contributed by atoms with E-state index in [2.05, 4.69) is 15.4 Å². The van der Waals surface area contributed by atoms with E-state index in [0.717, 1.165) is 16.5 Å². The highest BCUT2D eigenvalue weighted by Gasteiger charge is 2.37. The van der Waals surface area contributed by atoms with E-state index in [4.69, 9.17) is 0 Å². The zero-order chi connectivity index (χ0) is 23.2. The quantitative estimate of drug-likeness (QED) is 0.610. The van der Waals surface area contributed by atoms with Crippen molar-refractivity contribution < 1.29 is 27.2 Å². The fourth-order valence-corrected chi connectivity index (χ4v) is 3.57. The molecule has 11 heteroatoms. The van der Waals surface area contributed by atoms with Gasteiger partial charge < -0.3 is 10.2 Å². The minimum atomic E-state index is -4.85. The van der Waals surface area contributed by atoms with Crippen molar-refractivity contribution in [2.45, 2.75) is 26.1 Å². The second kappa shape index (κ2) is 7.74. The first kappa shape index (κ1) is 21.5. The number of anilines is 2. The van der Waals surface area contributed by atoms with Crippen LogP contribution >= 0.6 is 0 Å². The molecule has 0 saturated heterocycles. The molecule has 32 heavy (non-hydrogen) atoms. The van der Waals surface area contributed by atoms with Crippen molar-refractivity contribution in [2.24, 2.45) is 0 Å². The Bertz CT molecular complexity index is 1220. The lowest BCUT2D eigenvalue weighted by Gasteiger charge is -2.32. The highest BCUT2D eigenvalue weighted by molar-refractivity contribution is 6.15. The third-order valence-electron chi connectivity index (χ3n) is 5.05. The number of nitrogens with one attached hydrogen (secondary N) is 1. The number of nitrogens with zero attached hydrogens (tertiary/aromatic N) is 4. The van der Waals surface area contributed by atoms with E-state index in [-0.39, 0.29) is 23.5 Å². The molecule has 0 saturated carbocycles. The Hall–Kier alpha value is -3.76. The number of carbonyl (C=O) groups excluding carboxylic acids is 2. The first-order valence-electron chi connectivity index (χ1n) is 9.55. The number of alkyl halides is 3. The molecule has 3 heterocycles. The van der Waals surface area contributed by atoms with Gasteiger partial charge in [-0.2, -0.15) is 18.3 Å². The number of aryl methyl sites for hydroxylation is 1. The minimum Gasteiger partial charge on any atom is -0.320 e. The number of hydrogen-bond donors (Lipinski definition) is 1. The van der Waals surface area contributed by atoms with Crippen LogP contribution in [0.3, 0.4) is 0 Å². The maximum absolute atomic E-state index is 14.1. The first-order chi connectivity index (χ1) is 15.1. The molecule has 2 amide bonds. The zero-order valence-electron chi connectivity index (χ0n) is 16.9. The molecule has 1 aliphatic rings. The van der Waals surface area contributed by atoms with E-state index in [9.17, 15) is 27.2 Å². The van der Waals surface area contributed by atoms with Gasteiger partial charge in [0.1, 0.15) is 11.5 Å². The molecule has 0 bridgehead atoms. The summed E-state index contributed by atoms with van der Waals surface area (Å²) in [6.07, 6.45) is -0.540. The van der Waals surface area contributed by atoms with Crippen LogP contribution < -0.4 is 10.2 Å². The number of amides is 2. The molecular weight excluding hydrogens is 430 g/mol. The van der Waals surface area contributed by atoms with Gasteiger partial charge in [-0.3, -0.25) is 19.3 Å². The fourth-order valence-electron chi connectivity index (χ4n) is 3.57. The number of halogens is 4.